The zero-order chi connectivity index (χ0) is 15.5. The number of ether oxygens (including phenoxy) is 3. The highest BCUT2D eigenvalue weighted by atomic mass is 32.1. The van der Waals surface area contributed by atoms with Crippen molar-refractivity contribution in [2.24, 2.45) is 0 Å². The monoisotopic (exact) mass is 319 g/mol. The lowest BCUT2D eigenvalue weighted by molar-refractivity contribution is 0.0477. The highest BCUT2D eigenvalue weighted by molar-refractivity contribution is 7.13. The lowest BCUT2D eigenvalue weighted by atomic mass is 10.2. The lowest BCUT2D eigenvalue weighted by Gasteiger charge is -2.05. The van der Waals surface area contributed by atoms with Crippen molar-refractivity contribution in [3.05, 3.63) is 39.3 Å². The number of aryl methyl sites for hydroxylation is 2. The number of fused-ring (bicyclic) bond motifs is 1. The summed E-state index contributed by atoms with van der Waals surface area (Å²) in [5.41, 5.74) is 1.61. The molecule has 0 saturated heterocycles. The van der Waals surface area contributed by atoms with Gasteiger partial charge in [0.05, 0.1) is 10.7 Å². The van der Waals surface area contributed by atoms with Crippen LogP contribution in [-0.4, -0.2) is 17.7 Å². The average molecular weight is 319 g/mol. The third-order valence-corrected chi connectivity index (χ3v) is 4.49. The van der Waals surface area contributed by atoms with Crippen LogP contribution in [0.1, 0.15) is 39.3 Å². The summed E-state index contributed by atoms with van der Waals surface area (Å²) in [4.78, 5) is 17.2. The van der Waals surface area contributed by atoms with Crippen molar-refractivity contribution in [1.82, 2.24) is 4.98 Å². The Morgan fingerprint density at radius 3 is 3.00 bits per heavy atom. The Labute approximate surface area is 132 Å². The maximum atomic E-state index is 12.2. The molecule has 0 atom stereocenters. The van der Waals surface area contributed by atoms with E-state index in [0.717, 1.165) is 34.9 Å². The number of nitrogens with zero attached hydrogens (tertiary/aromatic N) is 1. The Hall–Kier alpha value is -2.08. The summed E-state index contributed by atoms with van der Waals surface area (Å²) in [6, 6.07) is 5.52. The Balaban J connectivity index is 1.65. The minimum absolute atomic E-state index is 0.204. The number of benzene rings is 1. The van der Waals surface area contributed by atoms with E-state index in [1.807, 2.05) is 25.1 Å². The summed E-state index contributed by atoms with van der Waals surface area (Å²) in [6.07, 6.45) is 1.90. The Kier molecular flexibility index (Phi) is 4.29. The number of carbonyl (C=O) groups excluding carboxylic acids is 1. The predicted octanol–water partition coefficient (Wildman–Crippen LogP) is 3.49. The molecule has 0 radical (unpaired) electrons. The largest absolute Gasteiger partial charge is 0.457 e. The number of aromatic nitrogens is 1. The van der Waals surface area contributed by atoms with E-state index in [1.54, 1.807) is 0 Å². The van der Waals surface area contributed by atoms with Crippen LogP contribution in [0.15, 0.2) is 18.2 Å². The molecule has 3 rings (SSSR count). The van der Waals surface area contributed by atoms with Gasteiger partial charge in [-0.25, -0.2) is 9.78 Å². The van der Waals surface area contributed by atoms with Gasteiger partial charge in [-0.15, -0.1) is 11.3 Å². The van der Waals surface area contributed by atoms with Gasteiger partial charge >= 0.3 is 5.97 Å². The fourth-order valence-corrected chi connectivity index (χ4v) is 3.27. The first-order valence-electron chi connectivity index (χ1n) is 7.19. The van der Waals surface area contributed by atoms with Crippen molar-refractivity contribution in [3.8, 4) is 11.5 Å². The number of rotatable bonds is 5. The summed E-state index contributed by atoms with van der Waals surface area (Å²) in [6.45, 7) is 4.37. The van der Waals surface area contributed by atoms with E-state index in [2.05, 4.69) is 11.9 Å². The van der Waals surface area contributed by atoms with Gasteiger partial charge in [0.1, 0.15) is 11.5 Å². The number of carbonyl (C=O) groups is 1. The smallest absolute Gasteiger partial charge is 0.350 e. The van der Waals surface area contributed by atoms with Crippen molar-refractivity contribution in [2.75, 3.05) is 6.79 Å². The van der Waals surface area contributed by atoms with Crippen LogP contribution in [0.5, 0.6) is 11.5 Å². The lowest BCUT2D eigenvalue weighted by Crippen LogP contribution is -2.04. The van der Waals surface area contributed by atoms with Crippen LogP contribution >= 0.6 is 11.3 Å². The maximum absolute atomic E-state index is 12.2. The van der Waals surface area contributed by atoms with Gasteiger partial charge in [0, 0.05) is 0 Å². The first-order chi connectivity index (χ1) is 10.7. The Morgan fingerprint density at radius 2 is 2.18 bits per heavy atom. The SMILES string of the molecule is CCCc1nc(C)c(C(=O)OCc2ccc3c(c2)OCO3)s1. The molecule has 1 aromatic heterocycles. The van der Waals surface area contributed by atoms with E-state index in [0.29, 0.717) is 10.6 Å². The van der Waals surface area contributed by atoms with E-state index in [9.17, 15) is 4.79 Å². The molecule has 116 valence electrons. The van der Waals surface area contributed by atoms with Gasteiger partial charge in [-0.1, -0.05) is 13.0 Å². The van der Waals surface area contributed by atoms with Crippen LogP contribution in [0, 0.1) is 6.92 Å². The van der Waals surface area contributed by atoms with Crippen molar-refractivity contribution >= 4 is 17.3 Å². The second-order valence-electron chi connectivity index (χ2n) is 5.04. The fraction of sp³-hybridized carbons (Fsp3) is 0.375. The fourth-order valence-electron chi connectivity index (χ4n) is 2.21. The van der Waals surface area contributed by atoms with Crippen molar-refractivity contribution in [3.63, 3.8) is 0 Å². The molecule has 1 aliphatic rings. The molecular formula is C16H17NO4S. The first kappa shape index (κ1) is 14.8. The molecular weight excluding hydrogens is 302 g/mol. The van der Waals surface area contributed by atoms with E-state index in [-0.39, 0.29) is 19.4 Å². The molecule has 5 nitrogen and oxygen atoms in total. The van der Waals surface area contributed by atoms with Crippen LogP contribution in [0.25, 0.3) is 0 Å². The van der Waals surface area contributed by atoms with Gasteiger partial charge in [0.25, 0.3) is 0 Å². The molecule has 2 heterocycles. The van der Waals surface area contributed by atoms with Crippen LogP contribution in [0.3, 0.4) is 0 Å². The summed E-state index contributed by atoms with van der Waals surface area (Å²) < 4.78 is 15.9. The molecule has 0 spiro atoms. The zero-order valence-electron chi connectivity index (χ0n) is 12.5. The van der Waals surface area contributed by atoms with Gasteiger partial charge in [0.2, 0.25) is 6.79 Å². The highest BCUT2D eigenvalue weighted by Crippen LogP contribution is 2.32. The van der Waals surface area contributed by atoms with Crippen molar-refractivity contribution in [1.29, 1.82) is 0 Å². The summed E-state index contributed by atoms with van der Waals surface area (Å²) in [5.74, 6) is 1.08. The number of thiazole rings is 1. The van der Waals surface area contributed by atoms with Gasteiger partial charge in [0.15, 0.2) is 11.5 Å². The molecule has 0 fully saturated rings. The van der Waals surface area contributed by atoms with Crippen LogP contribution in [-0.2, 0) is 17.8 Å². The molecule has 2 aromatic rings. The molecule has 6 heteroatoms. The van der Waals surface area contributed by atoms with Crippen molar-refractivity contribution in [2.45, 2.75) is 33.3 Å². The van der Waals surface area contributed by atoms with Crippen LogP contribution in [0.4, 0.5) is 0 Å². The molecule has 1 aromatic carbocycles. The minimum atomic E-state index is -0.324. The molecule has 1 aliphatic heterocycles. The number of esters is 1. The van der Waals surface area contributed by atoms with E-state index >= 15 is 0 Å². The summed E-state index contributed by atoms with van der Waals surface area (Å²) in [7, 11) is 0. The summed E-state index contributed by atoms with van der Waals surface area (Å²) in [5, 5.41) is 0.982. The number of hydrogen-bond donors (Lipinski definition) is 0. The van der Waals surface area contributed by atoms with Gasteiger partial charge in [-0.05, 0) is 37.5 Å². The van der Waals surface area contributed by atoms with Crippen LogP contribution in [0.2, 0.25) is 0 Å². The van der Waals surface area contributed by atoms with E-state index in [1.165, 1.54) is 11.3 Å². The highest BCUT2D eigenvalue weighted by Gasteiger charge is 2.18. The Morgan fingerprint density at radius 1 is 1.36 bits per heavy atom. The number of hydrogen-bond acceptors (Lipinski definition) is 6. The van der Waals surface area contributed by atoms with E-state index < -0.39 is 0 Å². The van der Waals surface area contributed by atoms with Gasteiger partial charge in [-0.2, -0.15) is 0 Å². The standard InChI is InChI=1S/C16H17NO4S/c1-3-4-14-17-10(2)15(22-14)16(18)19-8-11-5-6-12-13(7-11)21-9-20-12/h5-7H,3-4,8-9H2,1-2H3. The minimum Gasteiger partial charge on any atom is -0.457 e. The third kappa shape index (κ3) is 3.06. The normalized spacial score (nSPS) is 12.5. The molecule has 0 bridgehead atoms. The molecule has 0 saturated carbocycles. The quantitative estimate of drug-likeness (QED) is 0.790. The van der Waals surface area contributed by atoms with E-state index in [4.69, 9.17) is 14.2 Å². The zero-order valence-corrected chi connectivity index (χ0v) is 13.4. The second-order valence-corrected chi connectivity index (χ2v) is 6.12. The third-order valence-electron chi connectivity index (χ3n) is 3.30. The Bertz CT molecular complexity index is 695. The first-order valence-corrected chi connectivity index (χ1v) is 8.01. The molecule has 0 aliphatic carbocycles. The predicted molar refractivity (Wildman–Crippen MR) is 82.5 cm³/mol. The summed E-state index contributed by atoms with van der Waals surface area (Å²) >= 11 is 1.42. The van der Waals surface area contributed by atoms with Crippen molar-refractivity contribution < 1.29 is 19.0 Å². The molecule has 0 N–H and O–H groups in total. The van der Waals surface area contributed by atoms with Gasteiger partial charge in [-0.3, -0.25) is 0 Å². The maximum Gasteiger partial charge on any atom is 0.350 e. The second kappa shape index (κ2) is 6.36. The molecule has 0 amide bonds. The average Bonchev–Trinajstić information content (AvgIpc) is 3.11. The van der Waals surface area contributed by atoms with Gasteiger partial charge < -0.3 is 14.2 Å². The molecule has 22 heavy (non-hydrogen) atoms. The topological polar surface area (TPSA) is 57.7 Å². The molecule has 0 unspecified atom stereocenters. The van der Waals surface area contributed by atoms with Crippen LogP contribution < -0.4 is 9.47 Å².